The van der Waals surface area contributed by atoms with Crippen LogP contribution in [0.15, 0.2) is 53.6 Å². The quantitative estimate of drug-likeness (QED) is 0.522. The zero-order valence-corrected chi connectivity index (χ0v) is 15.7. The van der Waals surface area contributed by atoms with Crippen molar-refractivity contribution in [2.45, 2.75) is 20.4 Å². The van der Waals surface area contributed by atoms with E-state index in [-0.39, 0.29) is 11.7 Å². The van der Waals surface area contributed by atoms with E-state index in [0.717, 1.165) is 22.5 Å². The van der Waals surface area contributed by atoms with E-state index < -0.39 is 0 Å². The summed E-state index contributed by atoms with van der Waals surface area (Å²) in [7, 11) is 0. The summed E-state index contributed by atoms with van der Waals surface area (Å²) in [5.41, 5.74) is 6.44. The second kappa shape index (κ2) is 8.05. The molecule has 0 fully saturated rings. The third-order valence-electron chi connectivity index (χ3n) is 4.20. The minimum Gasteiger partial charge on any atom is -0.508 e. The SMILES string of the molecule is Cc1nn(Cc2ccccc2Cl)c(C)c1/C=N/NC(=O)c1ccc(O)cc1. The van der Waals surface area contributed by atoms with E-state index in [2.05, 4.69) is 15.6 Å². The first-order chi connectivity index (χ1) is 13.0. The summed E-state index contributed by atoms with van der Waals surface area (Å²) in [6.07, 6.45) is 1.58. The number of nitrogens with one attached hydrogen (secondary N) is 1. The Morgan fingerprint density at radius 3 is 2.63 bits per heavy atom. The number of hydrazone groups is 1. The number of halogens is 1. The van der Waals surface area contributed by atoms with Crippen LogP contribution in [0.4, 0.5) is 0 Å². The average molecular weight is 383 g/mol. The van der Waals surface area contributed by atoms with Crippen LogP contribution < -0.4 is 5.43 Å². The number of phenolic OH excluding ortho intramolecular Hbond substituents is 1. The van der Waals surface area contributed by atoms with Crippen LogP contribution in [0.3, 0.4) is 0 Å². The minimum atomic E-state index is -0.356. The van der Waals surface area contributed by atoms with Crippen molar-refractivity contribution in [2.75, 3.05) is 0 Å². The molecule has 0 saturated heterocycles. The van der Waals surface area contributed by atoms with Gasteiger partial charge in [0.05, 0.1) is 18.5 Å². The topological polar surface area (TPSA) is 79.5 Å². The molecule has 0 radical (unpaired) electrons. The summed E-state index contributed by atoms with van der Waals surface area (Å²) in [5, 5.41) is 18.5. The Kier molecular flexibility index (Phi) is 5.57. The second-order valence-corrected chi connectivity index (χ2v) is 6.49. The Hall–Kier alpha value is -3.12. The molecule has 6 nitrogen and oxygen atoms in total. The molecular weight excluding hydrogens is 364 g/mol. The monoisotopic (exact) mass is 382 g/mol. The average Bonchev–Trinajstić information content (AvgIpc) is 2.91. The molecule has 0 aliphatic heterocycles. The predicted molar refractivity (Wildman–Crippen MR) is 105 cm³/mol. The second-order valence-electron chi connectivity index (χ2n) is 6.08. The Morgan fingerprint density at radius 1 is 1.22 bits per heavy atom. The van der Waals surface area contributed by atoms with Gasteiger partial charge in [-0.05, 0) is 49.7 Å². The molecule has 0 atom stereocenters. The molecule has 27 heavy (non-hydrogen) atoms. The maximum Gasteiger partial charge on any atom is 0.271 e. The van der Waals surface area contributed by atoms with Gasteiger partial charge in [-0.2, -0.15) is 10.2 Å². The third-order valence-corrected chi connectivity index (χ3v) is 4.57. The Labute approximate surface area is 162 Å². The predicted octanol–water partition coefficient (Wildman–Crippen LogP) is 3.67. The van der Waals surface area contributed by atoms with Crippen LogP contribution in [0.5, 0.6) is 5.75 Å². The largest absolute Gasteiger partial charge is 0.508 e. The van der Waals surface area contributed by atoms with Crippen molar-refractivity contribution in [3.05, 3.63) is 81.6 Å². The van der Waals surface area contributed by atoms with Crippen molar-refractivity contribution in [1.29, 1.82) is 0 Å². The molecule has 1 aromatic heterocycles. The molecule has 0 aliphatic rings. The molecule has 2 aromatic carbocycles. The Morgan fingerprint density at radius 2 is 1.93 bits per heavy atom. The standard InChI is InChI=1S/C20H19ClN4O2/c1-13-18(11-22-23-20(27)15-7-9-17(26)10-8-15)14(2)25(24-13)12-16-5-3-4-6-19(16)21/h3-11,26H,12H2,1-2H3,(H,23,27)/b22-11+. The van der Waals surface area contributed by atoms with Gasteiger partial charge in [0.1, 0.15) is 5.75 Å². The lowest BCUT2D eigenvalue weighted by atomic mass is 10.2. The lowest BCUT2D eigenvalue weighted by molar-refractivity contribution is 0.0955. The zero-order chi connectivity index (χ0) is 19.4. The fraction of sp³-hybridized carbons (Fsp3) is 0.150. The van der Waals surface area contributed by atoms with Crippen LogP contribution in [0.1, 0.15) is 32.9 Å². The van der Waals surface area contributed by atoms with Gasteiger partial charge < -0.3 is 5.11 Å². The number of aromatic nitrogens is 2. The summed E-state index contributed by atoms with van der Waals surface area (Å²) in [6.45, 7) is 4.39. The van der Waals surface area contributed by atoms with E-state index in [1.807, 2.05) is 42.8 Å². The molecule has 3 rings (SSSR count). The van der Waals surface area contributed by atoms with E-state index in [1.54, 1.807) is 6.21 Å². The normalized spacial score (nSPS) is 11.1. The van der Waals surface area contributed by atoms with Crippen molar-refractivity contribution in [2.24, 2.45) is 5.10 Å². The van der Waals surface area contributed by atoms with Gasteiger partial charge in [0.25, 0.3) is 5.91 Å². The Bertz CT molecular complexity index is 994. The van der Waals surface area contributed by atoms with Crippen LogP contribution >= 0.6 is 11.6 Å². The molecule has 2 N–H and O–H groups in total. The third kappa shape index (κ3) is 4.35. The first kappa shape index (κ1) is 18.7. The van der Waals surface area contributed by atoms with Gasteiger partial charge in [-0.1, -0.05) is 29.8 Å². The highest BCUT2D eigenvalue weighted by Gasteiger charge is 2.11. The number of aryl methyl sites for hydroxylation is 1. The number of carbonyl (C=O) groups is 1. The number of rotatable bonds is 5. The van der Waals surface area contributed by atoms with Crippen molar-refractivity contribution in [3.8, 4) is 5.75 Å². The van der Waals surface area contributed by atoms with Gasteiger partial charge in [-0.15, -0.1) is 0 Å². The van der Waals surface area contributed by atoms with Crippen LogP contribution in [-0.4, -0.2) is 27.0 Å². The van der Waals surface area contributed by atoms with E-state index in [1.165, 1.54) is 24.3 Å². The van der Waals surface area contributed by atoms with E-state index >= 15 is 0 Å². The molecule has 138 valence electrons. The first-order valence-electron chi connectivity index (χ1n) is 8.35. The number of benzene rings is 2. The van der Waals surface area contributed by atoms with E-state index in [9.17, 15) is 9.90 Å². The smallest absolute Gasteiger partial charge is 0.271 e. The molecule has 1 amide bonds. The molecule has 0 aliphatic carbocycles. The number of aromatic hydroxyl groups is 1. The van der Waals surface area contributed by atoms with Crippen LogP contribution in [-0.2, 0) is 6.54 Å². The summed E-state index contributed by atoms with van der Waals surface area (Å²) in [4.78, 5) is 12.1. The van der Waals surface area contributed by atoms with Crippen molar-refractivity contribution in [1.82, 2.24) is 15.2 Å². The Balaban J connectivity index is 1.72. The van der Waals surface area contributed by atoms with Crippen LogP contribution in [0.2, 0.25) is 5.02 Å². The molecular formula is C20H19ClN4O2. The van der Waals surface area contributed by atoms with Crippen LogP contribution in [0.25, 0.3) is 0 Å². The van der Waals surface area contributed by atoms with Gasteiger partial charge >= 0.3 is 0 Å². The molecule has 0 saturated carbocycles. The van der Waals surface area contributed by atoms with Gasteiger partial charge in [0.15, 0.2) is 0 Å². The molecule has 0 bridgehead atoms. The number of hydrogen-bond acceptors (Lipinski definition) is 4. The zero-order valence-electron chi connectivity index (χ0n) is 15.0. The molecule has 7 heteroatoms. The number of carbonyl (C=O) groups excluding carboxylic acids is 1. The molecule has 3 aromatic rings. The lowest BCUT2D eigenvalue weighted by Gasteiger charge is -2.06. The van der Waals surface area contributed by atoms with E-state index in [0.29, 0.717) is 17.1 Å². The van der Waals surface area contributed by atoms with Crippen LogP contribution in [0, 0.1) is 13.8 Å². The van der Waals surface area contributed by atoms with Crippen molar-refractivity contribution < 1.29 is 9.90 Å². The highest BCUT2D eigenvalue weighted by Crippen LogP contribution is 2.18. The van der Waals surface area contributed by atoms with E-state index in [4.69, 9.17) is 11.6 Å². The summed E-state index contributed by atoms with van der Waals surface area (Å²) >= 11 is 6.23. The minimum absolute atomic E-state index is 0.104. The van der Waals surface area contributed by atoms with Crippen molar-refractivity contribution >= 4 is 23.7 Å². The van der Waals surface area contributed by atoms with Gasteiger partial charge in [0.2, 0.25) is 0 Å². The number of phenols is 1. The van der Waals surface area contributed by atoms with Gasteiger partial charge in [0, 0.05) is 21.8 Å². The molecule has 0 spiro atoms. The number of amides is 1. The van der Waals surface area contributed by atoms with Gasteiger partial charge in [-0.3, -0.25) is 9.48 Å². The lowest BCUT2D eigenvalue weighted by Crippen LogP contribution is -2.17. The number of hydrogen-bond donors (Lipinski definition) is 2. The fourth-order valence-corrected chi connectivity index (χ4v) is 2.87. The molecule has 1 heterocycles. The highest BCUT2D eigenvalue weighted by atomic mass is 35.5. The summed E-state index contributed by atoms with van der Waals surface area (Å²) in [5.74, 6) is -0.253. The van der Waals surface area contributed by atoms with Gasteiger partial charge in [-0.25, -0.2) is 5.43 Å². The highest BCUT2D eigenvalue weighted by molar-refractivity contribution is 6.31. The molecule has 0 unspecified atom stereocenters. The first-order valence-corrected chi connectivity index (χ1v) is 8.73. The number of nitrogens with zero attached hydrogens (tertiary/aromatic N) is 3. The summed E-state index contributed by atoms with van der Waals surface area (Å²) in [6, 6.07) is 13.6. The summed E-state index contributed by atoms with van der Waals surface area (Å²) < 4.78 is 1.86. The maximum absolute atomic E-state index is 12.1. The van der Waals surface area contributed by atoms with Crippen molar-refractivity contribution in [3.63, 3.8) is 0 Å². The fourth-order valence-electron chi connectivity index (χ4n) is 2.67. The maximum atomic E-state index is 12.1.